The van der Waals surface area contributed by atoms with Gasteiger partial charge in [0.2, 0.25) is 0 Å². The highest BCUT2D eigenvalue weighted by Gasteiger charge is 2.42. The Bertz CT molecular complexity index is 1410. The highest BCUT2D eigenvalue weighted by atomic mass is 35.5. The lowest BCUT2D eigenvalue weighted by molar-refractivity contribution is -0.189. The molecule has 5 rings (SSSR count). The highest BCUT2D eigenvalue weighted by molar-refractivity contribution is 6.30. The van der Waals surface area contributed by atoms with E-state index in [2.05, 4.69) is 16.9 Å². The third kappa shape index (κ3) is 6.66. The van der Waals surface area contributed by atoms with E-state index < -0.39 is 40.7 Å². The van der Waals surface area contributed by atoms with Gasteiger partial charge in [0, 0.05) is 11.6 Å². The number of hydrogen-bond acceptors (Lipinski definition) is 1. The third-order valence-electron chi connectivity index (χ3n) is 8.96. The molecule has 0 radical (unpaired) electrons. The summed E-state index contributed by atoms with van der Waals surface area (Å²) in [6, 6.07) is 8.36. The molecule has 42 heavy (non-hydrogen) atoms. The molecule has 0 spiro atoms. The predicted octanol–water partition coefficient (Wildman–Crippen LogP) is 11.3. The van der Waals surface area contributed by atoms with Crippen LogP contribution in [0, 0.1) is 41.0 Å². The molecule has 0 saturated heterocycles. The Morgan fingerprint density at radius 2 is 1.36 bits per heavy atom. The van der Waals surface area contributed by atoms with E-state index in [4.69, 9.17) is 11.6 Å². The van der Waals surface area contributed by atoms with Crippen molar-refractivity contribution in [2.24, 2.45) is 17.8 Å². The number of halogens is 7. The van der Waals surface area contributed by atoms with Crippen molar-refractivity contribution >= 4 is 11.6 Å². The zero-order valence-corrected chi connectivity index (χ0v) is 24.0. The molecule has 8 heteroatoms. The Kier molecular flexibility index (Phi) is 9.26. The van der Waals surface area contributed by atoms with E-state index in [1.807, 2.05) is 6.92 Å². The van der Waals surface area contributed by atoms with Gasteiger partial charge in [-0.25, -0.2) is 17.6 Å². The number of hydrogen-bond donors (Lipinski definition) is 0. The van der Waals surface area contributed by atoms with Crippen LogP contribution in [0.3, 0.4) is 0 Å². The fraction of sp³-hybridized carbons (Fsp3) is 0.412. The molecule has 0 atom stereocenters. The summed E-state index contributed by atoms with van der Waals surface area (Å²) in [7, 11) is 0. The first-order chi connectivity index (χ1) is 20.1. The molecule has 0 unspecified atom stereocenters. The van der Waals surface area contributed by atoms with Gasteiger partial charge in [0.1, 0.15) is 34.6 Å². The van der Waals surface area contributed by atoms with Gasteiger partial charge in [-0.1, -0.05) is 29.8 Å². The van der Waals surface area contributed by atoms with Crippen molar-refractivity contribution in [2.75, 3.05) is 0 Å². The molecule has 2 fully saturated rings. The van der Waals surface area contributed by atoms with Crippen molar-refractivity contribution in [1.29, 1.82) is 0 Å². The average molecular weight is 607 g/mol. The van der Waals surface area contributed by atoms with Crippen molar-refractivity contribution in [2.45, 2.75) is 70.3 Å². The van der Waals surface area contributed by atoms with Gasteiger partial charge < -0.3 is 4.74 Å². The van der Waals surface area contributed by atoms with Crippen LogP contribution in [0.25, 0.3) is 11.1 Å². The summed E-state index contributed by atoms with van der Waals surface area (Å²) in [5.74, 6) is -3.40. The van der Waals surface area contributed by atoms with Crippen molar-refractivity contribution in [3.05, 3.63) is 100 Å². The zero-order valence-electron chi connectivity index (χ0n) is 23.3. The summed E-state index contributed by atoms with van der Waals surface area (Å²) in [6.07, 6.45) is 8.21. The minimum atomic E-state index is -4.41. The molecular formula is C34H33ClF6O. The third-order valence-corrected chi connectivity index (χ3v) is 9.27. The molecular weight excluding hydrogens is 574 g/mol. The van der Waals surface area contributed by atoms with Crippen molar-refractivity contribution in [1.82, 2.24) is 0 Å². The lowest BCUT2D eigenvalue weighted by Gasteiger charge is -2.37. The van der Waals surface area contributed by atoms with E-state index in [1.54, 1.807) is 0 Å². The number of benzene rings is 3. The second kappa shape index (κ2) is 12.7. The molecule has 2 aliphatic carbocycles. The Hall–Kier alpha value is -2.93. The molecule has 0 bridgehead atoms. The second-order valence-electron chi connectivity index (χ2n) is 11.6. The monoisotopic (exact) mass is 606 g/mol. The molecule has 0 amide bonds. The van der Waals surface area contributed by atoms with Gasteiger partial charge in [0.15, 0.2) is 0 Å². The van der Waals surface area contributed by atoms with E-state index in [-0.39, 0.29) is 22.1 Å². The first-order valence-electron chi connectivity index (χ1n) is 14.5. The van der Waals surface area contributed by atoms with Gasteiger partial charge in [0.05, 0.1) is 5.02 Å². The highest BCUT2D eigenvalue weighted by Crippen LogP contribution is 2.45. The molecule has 3 aromatic rings. The van der Waals surface area contributed by atoms with Crippen LogP contribution >= 0.6 is 11.6 Å². The first kappa shape index (κ1) is 30.5. The van der Waals surface area contributed by atoms with E-state index in [1.165, 1.54) is 37.8 Å². The molecule has 3 aromatic carbocycles. The Labute approximate surface area is 247 Å². The van der Waals surface area contributed by atoms with Crippen LogP contribution in [0.5, 0.6) is 5.75 Å². The molecule has 0 N–H and O–H groups in total. The van der Waals surface area contributed by atoms with Crippen LogP contribution in [0.1, 0.15) is 75.3 Å². The summed E-state index contributed by atoms with van der Waals surface area (Å²) < 4.78 is 93.3. The second-order valence-corrected chi connectivity index (χ2v) is 12.0. The quantitative estimate of drug-likeness (QED) is 0.192. The van der Waals surface area contributed by atoms with Crippen molar-refractivity contribution < 1.29 is 31.1 Å². The Morgan fingerprint density at radius 3 is 1.93 bits per heavy atom. The van der Waals surface area contributed by atoms with Gasteiger partial charge >= 0.3 is 6.11 Å². The molecule has 2 saturated carbocycles. The van der Waals surface area contributed by atoms with Gasteiger partial charge in [0.25, 0.3) is 0 Å². The number of rotatable bonds is 7. The van der Waals surface area contributed by atoms with Gasteiger partial charge in [-0.15, -0.1) is 0 Å². The largest absolute Gasteiger partial charge is 0.432 e. The minimum Gasteiger partial charge on any atom is -0.429 e. The minimum absolute atomic E-state index is 0.0843. The smallest absolute Gasteiger partial charge is 0.429 e. The predicted molar refractivity (Wildman–Crippen MR) is 153 cm³/mol. The standard InChI is InChI=1S/C34H33ClF6O/c1-2-3-20-4-6-21(7-5-20)22-8-10-23(11-9-22)25-17-31(38)33(32(39)18-25)34(40,41)42-26-13-14-27(29(36)19-26)24-12-15-28(35)30(37)16-24/h2-3,12-23H,4-11H2,1H3. The number of ether oxygens (including phenoxy) is 1. The van der Waals surface area contributed by atoms with Gasteiger partial charge in [-0.05, 0) is 129 Å². The zero-order chi connectivity index (χ0) is 30.0. The van der Waals surface area contributed by atoms with Gasteiger partial charge in [-0.2, -0.15) is 8.78 Å². The number of allylic oxidation sites excluding steroid dienone is 2. The van der Waals surface area contributed by atoms with Crippen LogP contribution in [-0.4, -0.2) is 0 Å². The van der Waals surface area contributed by atoms with Crippen LogP contribution in [-0.2, 0) is 6.11 Å². The van der Waals surface area contributed by atoms with Crippen molar-refractivity contribution in [3.8, 4) is 16.9 Å². The summed E-state index contributed by atoms with van der Waals surface area (Å²) in [5.41, 5.74) is -1.11. The summed E-state index contributed by atoms with van der Waals surface area (Å²) in [6.45, 7) is 2.05. The fourth-order valence-corrected chi connectivity index (χ4v) is 6.89. The van der Waals surface area contributed by atoms with Crippen molar-refractivity contribution in [3.63, 3.8) is 0 Å². The lowest BCUT2D eigenvalue weighted by Crippen LogP contribution is -2.26. The fourth-order valence-electron chi connectivity index (χ4n) is 6.77. The molecule has 2 aliphatic rings. The molecule has 0 aliphatic heterocycles. The maximum atomic E-state index is 15.0. The number of alkyl halides is 2. The summed E-state index contributed by atoms with van der Waals surface area (Å²) in [5, 5.41) is -0.153. The normalized spacial score (nSPS) is 23.3. The van der Waals surface area contributed by atoms with E-state index in [0.717, 1.165) is 56.0 Å². The molecule has 1 nitrogen and oxygen atoms in total. The van der Waals surface area contributed by atoms with E-state index >= 15 is 17.6 Å². The SMILES string of the molecule is CC=CC1CCC(C2CCC(c3cc(F)c(C(F)(F)Oc4ccc(-c5ccc(Cl)c(F)c5)c(F)c4)c(F)c3)CC2)CC1. The molecule has 224 valence electrons. The topological polar surface area (TPSA) is 9.23 Å². The summed E-state index contributed by atoms with van der Waals surface area (Å²) >= 11 is 5.66. The lowest BCUT2D eigenvalue weighted by atomic mass is 9.68. The maximum absolute atomic E-state index is 15.0. The van der Waals surface area contributed by atoms with E-state index in [0.29, 0.717) is 29.4 Å². The first-order valence-corrected chi connectivity index (χ1v) is 14.9. The van der Waals surface area contributed by atoms with Crippen LogP contribution in [0.15, 0.2) is 60.7 Å². The average Bonchev–Trinajstić information content (AvgIpc) is 2.95. The van der Waals surface area contributed by atoms with E-state index in [9.17, 15) is 8.78 Å². The van der Waals surface area contributed by atoms with Gasteiger partial charge in [-0.3, -0.25) is 0 Å². The molecule has 0 heterocycles. The Balaban J connectivity index is 1.25. The van der Waals surface area contributed by atoms with Crippen LogP contribution in [0.4, 0.5) is 26.3 Å². The summed E-state index contributed by atoms with van der Waals surface area (Å²) in [4.78, 5) is 0. The van der Waals surface area contributed by atoms with Crippen LogP contribution < -0.4 is 4.74 Å². The maximum Gasteiger partial charge on any atom is 0.432 e. The molecule has 0 aromatic heterocycles. The Morgan fingerprint density at radius 1 is 0.738 bits per heavy atom. The van der Waals surface area contributed by atoms with Crippen LogP contribution in [0.2, 0.25) is 5.02 Å².